The van der Waals surface area contributed by atoms with Crippen molar-refractivity contribution in [2.45, 2.75) is 26.4 Å². The number of rotatable bonds is 8. The van der Waals surface area contributed by atoms with Crippen LogP contribution in [0, 0.1) is 0 Å². The Morgan fingerprint density at radius 2 is 1.68 bits per heavy atom. The first-order valence-corrected chi connectivity index (χ1v) is 8.55. The molecule has 0 saturated carbocycles. The van der Waals surface area contributed by atoms with E-state index in [0.717, 1.165) is 0 Å². The van der Waals surface area contributed by atoms with Crippen LogP contribution in [0.1, 0.15) is 30.8 Å². The summed E-state index contributed by atoms with van der Waals surface area (Å²) in [5.74, 6) is -1.61. The van der Waals surface area contributed by atoms with E-state index in [2.05, 4.69) is 16.0 Å². The standard InChI is InChI=1S/C19H21N3O6/c1-12(18(25)22-15-7-5-14(6-8-15)21-13(2)23)28-17(24)9-10-20-19(26)16-4-3-11-27-16/h3-8,11-12H,9-10H2,1-2H3,(H,20,26)(H,21,23)(H,22,25)/t12-/m1/s1. The SMILES string of the molecule is CC(=O)Nc1ccc(NC(=O)[C@@H](C)OC(=O)CCNC(=O)c2ccco2)cc1. The normalized spacial score (nSPS) is 11.2. The van der Waals surface area contributed by atoms with Crippen LogP contribution in [0.25, 0.3) is 0 Å². The van der Waals surface area contributed by atoms with Crippen molar-refractivity contribution in [3.63, 3.8) is 0 Å². The van der Waals surface area contributed by atoms with Gasteiger partial charge in [0.1, 0.15) is 0 Å². The Bertz CT molecular complexity index is 830. The highest BCUT2D eigenvalue weighted by molar-refractivity contribution is 5.95. The number of benzene rings is 1. The minimum Gasteiger partial charge on any atom is -0.459 e. The van der Waals surface area contributed by atoms with E-state index in [0.29, 0.717) is 11.4 Å². The van der Waals surface area contributed by atoms with Gasteiger partial charge in [0.2, 0.25) is 5.91 Å². The maximum atomic E-state index is 12.1. The van der Waals surface area contributed by atoms with Crippen molar-refractivity contribution in [3.05, 3.63) is 48.4 Å². The molecule has 0 radical (unpaired) electrons. The first-order chi connectivity index (χ1) is 13.3. The molecule has 3 N–H and O–H groups in total. The smallest absolute Gasteiger partial charge is 0.308 e. The fraction of sp³-hybridized carbons (Fsp3) is 0.263. The molecule has 148 valence electrons. The molecule has 0 aliphatic heterocycles. The van der Waals surface area contributed by atoms with Gasteiger partial charge in [-0.15, -0.1) is 0 Å². The average Bonchev–Trinajstić information content (AvgIpc) is 3.17. The molecule has 2 aromatic rings. The summed E-state index contributed by atoms with van der Waals surface area (Å²) in [6, 6.07) is 9.58. The Morgan fingerprint density at radius 3 is 2.25 bits per heavy atom. The highest BCUT2D eigenvalue weighted by Crippen LogP contribution is 2.14. The van der Waals surface area contributed by atoms with Crippen molar-refractivity contribution in [1.29, 1.82) is 0 Å². The topological polar surface area (TPSA) is 127 Å². The van der Waals surface area contributed by atoms with Gasteiger partial charge < -0.3 is 25.1 Å². The molecule has 3 amide bonds. The van der Waals surface area contributed by atoms with Gasteiger partial charge in [-0.05, 0) is 43.3 Å². The minimum atomic E-state index is -1.01. The summed E-state index contributed by atoms with van der Waals surface area (Å²) in [4.78, 5) is 46.6. The summed E-state index contributed by atoms with van der Waals surface area (Å²) in [5.41, 5.74) is 1.09. The molecule has 1 aromatic carbocycles. The summed E-state index contributed by atoms with van der Waals surface area (Å²) < 4.78 is 9.98. The van der Waals surface area contributed by atoms with Gasteiger partial charge in [-0.2, -0.15) is 0 Å². The van der Waals surface area contributed by atoms with Crippen molar-refractivity contribution >= 4 is 35.1 Å². The maximum Gasteiger partial charge on any atom is 0.308 e. The number of ether oxygens (including phenoxy) is 1. The number of carbonyl (C=O) groups is 4. The van der Waals surface area contributed by atoms with Gasteiger partial charge in [0.05, 0.1) is 12.7 Å². The number of carbonyl (C=O) groups excluding carboxylic acids is 4. The lowest BCUT2D eigenvalue weighted by Gasteiger charge is -2.14. The zero-order chi connectivity index (χ0) is 20.5. The number of furan rings is 1. The van der Waals surface area contributed by atoms with Crippen LogP contribution in [0.2, 0.25) is 0 Å². The van der Waals surface area contributed by atoms with Gasteiger partial charge in [-0.25, -0.2) is 0 Å². The molecule has 0 aliphatic rings. The number of hydrogen-bond acceptors (Lipinski definition) is 6. The second kappa shape index (κ2) is 9.91. The van der Waals surface area contributed by atoms with Crippen LogP contribution in [0.4, 0.5) is 11.4 Å². The zero-order valence-corrected chi connectivity index (χ0v) is 15.5. The second-order valence-corrected chi connectivity index (χ2v) is 5.86. The van der Waals surface area contributed by atoms with Crippen LogP contribution in [0.3, 0.4) is 0 Å². The second-order valence-electron chi connectivity index (χ2n) is 5.86. The maximum absolute atomic E-state index is 12.1. The molecule has 1 aromatic heterocycles. The third kappa shape index (κ3) is 6.60. The minimum absolute atomic E-state index is 0.0529. The molecule has 0 bridgehead atoms. The Hall–Kier alpha value is -3.62. The predicted molar refractivity (Wildman–Crippen MR) is 101 cm³/mol. The highest BCUT2D eigenvalue weighted by Gasteiger charge is 2.18. The molecule has 0 spiro atoms. The van der Waals surface area contributed by atoms with E-state index in [1.54, 1.807) is 30.3 Å². The molecule has 2 rings (SSSR count). The molecule has 1 atom stereocenters. The van der Waals surface area contributed by atoms with E-state index >= 15 is 0 Å². The van der Waals surface area contributed by atoms with Crippen molar-refractivity contribution in [2.24, 2.45) is 0 Å². The molecule has 0 aliphatic carbocycles. The summed E-state index contributed by atoms with van der Waals surface area (Å²) in [7, 11) is 0. The molecule has 9 heteroatoms. The van der Waals surface area contributed by atoms with Crippen molar-refractivity contribution in [3.8, 4) is 0 Å². The molecule has 1 heterocycles. The van der Waals surface area contributed by atoms with Crippen molar-refractivity contribution < 1.29 is 28.3 Å². The van der Waals surface area contributed by atoms with E-state index in [1.165, 1.54) is 26.2 Å². The first kappa shape index (κ1) is 20.7. The number of amides is 3. The Balaban J connectivity index is 1.72. The third-order valence-electron chi connectivity index (χ3n) is 3.51. The van der Waals surface area contributed by atoms with Crippen molar-refractivity contribution in [1.82, 2.24) is 5.32 Å². The number of hydrogen-bond donors (Lipinski definition) is 3. The summed E-state index contributed by atoms with van der Waals surface area (Å²) in [5, 5.41) is 7.74. The number of nitrogens with one attached hydrogen (secondary N) is 3. The molecule has 0 fully saturated rings. The monoisotopic (exact) mass is 387 g/mol. The van der Waals surface area contributed by atoms with Crippen molar-refractivity contribution in [2.75, 3.05) is 17.2 Å². The average molecular weight is 387 g/mol. The lowest BCUT2D eigenvalue weighted by atomic mass is 10.2. The molecule has 0 saturated heterocycles. The summed E-state index contributed by atoms with van der Waals surface area (Å²) in [6.45, 7) is 2.89. The van der Waals surface area contributed by atoms with Crippen LogP contribution >= 0.6 is 0 Å². The summed E-state index contributed by atoms with van der Waals surface area (Å²) >= 11 is 0. The van der Waals surface area contributed by atoms with Gasteiger partial charge in [0.25, 0.3) is 11.8 Å². The molecule has 0 unspecified atom stereocenters. The number of esters is 1. The predicted octanol–water partition coefficient (Wildman–Crippen LogP) is 1.93. The van der Waals surface area contributed by atoms with E-state index in [1.807, 2.05) is 0 Å². The largest absolute Gasteiger partial charge is 0.459 e. The van der Waals surface area contributed by atoms with E-state index in [-0.39, 0.29) is 24.6 Å². The van der Waals surface area contributed by atoms with Crippen LogP contribution in [0.5, 0.6) is 0 Å². The van der Waals surface area contributed by atoms with Gasteiger partial charge in [-0.1, -0.05) is 0 Å². The fourth-order valence-electron chi connectivity index (χ4n) is 2.17. The Morgan fingerprint density at radius 1 is 1.04 bits per heavy atom. The quantitative estimate of drug-likeness (QED) is 0.594. The third-order valence-corrected chi connectivity index (χ3v) is 3.51. The van der Waals surface area contributed by atoms with Gasteiger partial charge in [0.15, 0.2) is 11.9 Å². The Kier molecular flexibility index (Phi) is 7.32. The molecular formula is C19H21N3O6. The molecule has 9 nitrogen and oxygen atoms in total. The first-order valence-electron chi connectivity index (χ1n) is 8.55. The number of anilines is 2. The van der Waals surface area contributed by atoms with Crippen LogP contribution in [-0.2, 0) is 19.1 Å². The van der Waals surface area contributed by atoms with Crippen LogP contribution < -0.4 is 16.0 Å². The molecule has 28 heavy (non-hydrogen) atoms. The van der Waals surface area contributed by atoms with E-state index in [9.17, 15) is 19.2 Å². The fourth-order valence-corrected chi connectivity index (χ4v) is 2.17. The van der Waals surface area contributed by atoms with Gasteiger partial charge in [0, 0.05) is 24.8 Å². The van der Waals surface area contributed by atoms with Gasteiger partial charge >= 0.3 is 5.97 Å². The van der Waals surface area contributed by atoms with Gasteiger partial charge in [-0.3, -0.25) is 19.2 Å². The van der Waals surface area contributed by atoms with Crippen LogP contribution in [-0.4, -0.2) is 36.3 Å². The highest BCUT2D eigenvalue weighted by atomic mass is 16.5. The molecular weight excluding hydrogens is 366 g/mol. The Labute approximate surface area is 161 Å². The lowest BCUT2D eigenvalue weighted by molar-refractivity contribution is -0.153. The lowest BCUT2D eigenvalue weighted by Crippen LogP contribution is -2.32. The zero-order valence-electron chi connectivity index (χ0n) is 15.5. The van der Waals surface area contributed by atoms with E-state index < -0.39 is 23.9 Å². The van der Waals surface area contributed by atoms with E-state index in [4.69, 9.17) is 9.15 Å². The summed E-state index contributed by atoms with van der Waals surface area (Å²) in [6.07, 6.45) is 0.273. The van der Waals surface area contributed by atoms with Crippen LogP contribution in [0.15, 0.2) is 47.1 Å².